The highest BCUT2D eigenvalue weighted by Gasteiger charge is 2.20. The van der Waals surface area contributed by atoms with Crippen LogP contribution in [0.25, 0.3) is 10.9 Å². The van der Waals surface area contributed by atoms with E-state index in [9.17, 15) is 4.79 Å². The number of esters is 1. The van der Waals surface area contributed by atoms with Gasteiger partial charge < -0.3 is 14.8 Å². The second-order valence-electron chi connectivity index (χ2n) is 6.10. The van der Waals surface area contributed by atoms with Crippen LogP contribution >= 0.6 is 0 Å². The van der Waals surface area contributed by atoms with Crippen molar-refractivity contribution in [3.63, 3.8) is 0 Å². The fourth-order valence-corrected chi connectivity index (χ4v) is 3.02. The number of hydrogen-bond donors (Lipinski definition) is 1. The van der Waals surface area contributed by atoms with Crippen molar-refractivity contribution in [1.29, 1.82) is 0 Å². The van der Waals surface area contributed by atoms with Gasteiger partial charge in [0.2, 0.25) is 5.52 Å². The summed E-state index contributed by atoms with van der Waals surface area (Å²) in [4.78, 5) is 15.6. The summed E-state index contributed by atoms with van der Waals surface area (Å²) in [5.41, 5.74) is 3.42. The van der Waals surface area contributed by atoms with E-state index in [0.29, 0.717) is 25.3 Å². The molecule has 27 heavy (non-hydrogen) atoms. The number of aromatic nitrogens is 1. The third kappa shape index (κ3) is 4.56. The van der Waals surface area contributed by atoms with E-state index in [4.69, 9.17) is 9.47 Å². The molecule has 0 aliphatic heterocycles. The molecule has 0 saturated heterocycles. The number of pyridine rings is 1. The van der Waals surface area contributed by atoms with Gasteiger partial charge in [0.1, 0.15) is 11.3 Å². The molecule has 0 bridgehead atoms. The topological polar surface area (TPSA) is 61.7 Å². The Morgan fingerprint density at radius 1 is 1.07 bits per heavy atom. The van der Waals surface area contributed by atoms with Gasteiger partial charge in [-0.25, -0.2) is 9.78 Å². The van der Waals surface area contributed by atoms with E-state index in [-0.39, 0.29) is 5.97 Å². The molecule has 0 radical (unpaired) electrons. The first kappa shape index (κ1) is 18.7. The second-order valence-corrected chi connectivity index (χ2v) is 6.10. The average molecular weight is 365 g/mol. The van der Waals surface area contributed by atoms with Gasteiger partial charge >= 0.3 is 5.97 Å². The minimum Gasteiger partial charge on any atom is -0.494 e. The number of fused-ring (bicyclic) bond motifs is 1. The zero-order valence-electron chi connectivity index (χ0n) is 15.7. The van der Waals surface area contributed by atoms with Crippen LogP contribution in [0.4, 0.5) is 5.69 Å². The Kier molecular flexibility index (Phi) is 6.26. The predicted octanol–water partition coefficient (Wildman–Crippen LogP) is 3.88. The Bertz CT molecular complexity index is 910. The molecule has 1 aromatic heterocycles. The van der Waals surface area contributed by atoms with Gasteiger partial charge in [-0.1, -0.05) is 30.3 Å². The van der Waals surface area contributed by atoms with Crippen molar-refractivity contribution in [3.05, 3.63) is 65.9 Å². The van der Waals surface area contributed by atoms with Gasteiger partial charge in [-0.05, 0) is 38.0 Å². The van der Waals surface area contributed by atoms with Gasteiger partial charge in [-0.2, -0.15) is 0 Å². The summed E-state index contributed by atoms with van der Waals surface area (Å²) < 4.78 is 10.9. The lowest BCUT2D eigenvalue weighted by Crippen LogP contribution is -2.17. The van der Waals surface area contributed by atoms with Crippen molar-refractivity contribution in [2.75, 3.05) is 25.1 Å². The van der Waals surface area contributed by atoms with Crippen molar-refractivity contribution in [1.82, 2.24) is 0 Å². The molecule has 0 aliphatic rings. The summed E-state index contributed by atoms with van der Waals surface area (Å²) in [6.07, 6.45) is 2.56. The molecule has 2 N–H and O–H groups in total. The fraction of sp³-hybridized carbons (Fsp3) is 0.273. The maximum Gasteiger partial charge on any atom is 0.346 e. The van der Waals surface area contributed by atoms with Gasteiger partial charge in [0.15, 0.2) is 6.20 Å². The van der Waals surface area contributed by atoms with E-state index in [0.717, 1.165) is 28.8 Å². The lowest BCUT2D eigenvalue weighted by molar-refractivity contribution is -0.344. The molecular weight excluding hydrogens is 340 g/mol. The summed E-state index contributed by atoms with van der Waals surface area (Å²) in [5, 5.41) is 4.34. The molecule has 0 unspecified atom stereocenters. The third-order valence-corrected chi connectivity index (χ3v) is 4.27. The van der Waals surface area contributed by atoms with E-state index in [2.05, 4.69) is 22.4 Å². The van der Waals surface area contributed by atoms with Crippen LogP contribution in [-0.2, 0) is 11.2 Å². The van der Waals surface area contributed by atoms with Crippen molar-refractivity contribution >= 4 is 22.6 Å². The molecule has 0 amide bonds. The molecule has 0 atom stereocenters. The Hall–Kier alpha value is -3.08. The maximum atomic E-state index is 12.4. The molecule has 0 saturated carbocycles. The highest BCUT2D eigenvalue weighted by molar-refractivity contribution is 6.04. The molecule has 0 fully saturated rings. The van der Waals surface area contributed by atoms with Crippen molar-refractivity contribution < 1.29 is 19.3 Å². The molecule has 3 aromatic rings. The van der Waals surface area contributed by atoms with Crippen LogP contribution in [-0.4, -0.2) is 25.7 Å². The summed E-state index contributed by atoms with van der Waals surface area (Å²) in [6.45, 7) is 5.38. The molecule has 3 rings (SSSR count). The molecule has 2 aromatic carbocycles. The molecule has 1 heterocycles. The van der Waals surface area contributed by atoms with Crippen LogP contribution < -0.4 is 15.0 Å². The van der Waals surface area contributed by atoms with Crippen molar-refractivity contribution in [2.24, 2.45) is 0 Å². The summed E-state index contributed by atoms with van der Waals surface area (Å²) in [6, 6.07) is 16.1. The molecular formula is C22H25N2O3+. The highest BCUT2D eigenvalue weighted by Crippen LogP contribution is 2.28. The summed E-state index contributed by atoms with van der Waals surface area (Å²) >= 11 is 0. The van der Waals surface area contributed by atoms with E-state index in [1.165, 1.54) is 5.56 Å². The molecule has 0 aliphatic carbocycles. The Labute approximate surface area is 159 Å². The zero-order valence-corrected chi connectivity index (χ0v) is 15.7. The molecule has 0 spiro atoms. The predicted molar refractivity (Wildman–Crippen MR) is 106 cm³/mol. The minimum atomic E-state index is -0.348. The first-order valence-electron chi connectivity index (χ1n) is 9.29. The molecule has 140 valence electrons. The lowest BCUT2D eigenvalue weighted by Gasteiger charge is -2.13. The smallest absolute Gasteiger partial charge is 0.346 e. The van der Waals surface area contributed by atoms with Crippen LogP contribution in [0.1, 0.15) is 29.8 Å². The normalized spacial score (nSPS) is 10.6. The quantitative estimate of drug-likeness (QED) is 0.615. The number of anilines is 1. The first-order valence-corrected chi connectivity index (χ1v) is 9.29. The van der Waals surface area contributed by atoms with Crippen LogP contribution in [0.15, 0.2) is 54.7 Å². The van der Waals surface area contributed by atoms with Gasteiger partial charge in [0.05, 0.1) is 24.3 Å². The SMILES string of the molecule is CCOC(=O)c1c[nH+]c2ccc(OCC)cc2c1NCCc1ccccc1. The van der Waals surface area contributed by atoms with Crippen LogP contribution in [0.3, 0.4) is 0 Å². The average Bonchev–Trinajstić information content (AvgIpc) is 2.69. The number of H-pyrrole nitrogens is 1. The van der Waals surface area contributed by atoms with Gasteiger partial charge in [0.25, 0.3) is 0 Å². The van der Waals surface area contributed by atoms with Gasteiger partial charge in [-0.15, -0.1) is 0 Å². The van der Waals surface area contributed by atoms with Crippen LogP contribution in [0.5, 0.6) is 5.75 Å². The maximum absolute atomic E-state index is 12.4. The van der Waals surface area contributed by atoms with Crippen LogP contribution in [0, 0.1) is 0 Å². The van der Waals surface area contributed by atoms with E-state index in [1.54, 1.807) is 13.1 Å². The number of benzene rings is 2. The number of carbonyl (C=O) groups is 1. The number of aromatic amines is 1. The lowest BCUT2D eigenvalue weighted by atomic mass is 10.1. The summed E-state index contributed by atoms with van der Waals surface area (Å²) in [7, 11) is 0. The van der Waals surface area contributed by atoms with E-state index >= 15 is 0 Å². The minimum absolute atomic E-state index is 0.333. The highest BCUT2D eigenvalue weighted by atomic mass is 16.5. The third-order valence-electron chi connectivity index (χ3n) is 4.27. The Morgan fingerprint density at radius 2 is 1.89 bits per heavy atom. The first-order chi connectivity index (χ1) is 13.2. The van der Waals surface area contributed by atoms with Gasteiger partial charge in [0, 0.05) is 12.6 Å². The largest absolute Gasteiger partial charge is 0.494 e. The van der Waals surface area contributed by atoms with E-state index < -0.39 is 0 Å². The molecule has 5 nitrogen and oxygen atoms in total. The Balaban J connectivity index is 1.94. The standard InChI is InChI=1S/C22H24N2O3/c1-3-26-17-10-11-20-18(14-17)21(19(15-24-20)22(25)27-4-2)23-13-12-16-8-6-5-7-9-16/h5-11,14-15H,3-4,12-13H2,1-2H3,(H,23,24)/p+1. The number of hydrogen-bond acceptors (Lipinski definition) is 4. The monoisotopic (exact) mass is 365 g/mol. The zero-order chi connectivity index (χ0) is 19.1. The number of rotatable bonds is 8. The van der Waals surface area contributed by atoms with Crippen LogP contribution in [0.2, 0.25) is 0 Å². The molecule has 5 heteroatoms. The number of ether oxygens (including phenoxy) is 2. The summed E-state index contributed by atoms with van der Waals surface area (Å²) in [5.74, 6) is 0.421. The van der Waals surface area contributed by atoms with Gasteiger partial charge in [-0.3, -0.25) is 0 Å². The van der Waals surface area contributed by atoms with E-state index in [1.807, 2.05) is 43.3 Å². The number of carbonyl (C=O) groups excluding carboxylic acids is 1. The second kappa shape index (κ2) is 9.03. The van der Waals surface area contributed by atoms with Crippen molar-refractivity contribution in [2.45, 2.75) is 20.3 Å². The number of nitrogens with one attached hydrogen (secondary N) is 2. The van der Waals surface area contributed by atoms with Crippen molar-refractivity contribution in [3.8, 4) is 5.75 Å². The Morgan fingerprint density at radius 3 is 2.63 bits per heavy atom. The fourth-order valence-electron chi connectivity index (χ4n) is 3.02.